The molecule has 0 aliphatic carbocycles. The fourth-order valence-electron chi connectivity index (χ4n) is 4.68. The van der Waals surface area contributed by atoms with Crippen molar-refractivity contribution in [1.29, 1.82) is 0 Å². The van der Waals surface area contributed by atoms with Crippen LogP contribution in [0.3, 0.4) is 0 Å². The maximum atomic E-state index is 11.2. The first-order valence-corrected chi connectivity index (χ1v) is 12.3. The third-order valence-electron chi connectivity index (χ3n) is 6.69. The zero-order chi connectivity index (χ0) is 26.2. The van der Waals surface area contributed by atoms with Crippen molar-refractivity contribution in [2.75, 3.05) is 18.4 Å². The standard InChI is InChI=1S/C28H26N6O4/c1-17-11-18(3-8-26(17)38-20-5-7-25-24(13-20)31-16-33(25)2)32-27-22-12-19(4-6-23(22)29-15-30-27)37-21-9-10-34(14-21)28(35)36/h3-8,11-13,15-16,21H,9-10,14H2,1-2H3,(H,35,36)(H,29,30,32)/t21-/m1/s1. The third-order valence-corrected chi connectivity index (χ3v) is 6.69. The summed E-state index contributed by atoms with van der Waals surface area (Å²) >= 11 is 0. The molecule has 1 atom stereocenters. The van der Waals surface area contributed by atoms with E-state index in [0.717, 1.165) is 44.7 Å². The normalized spacial score (nSPS) is 15.2. The minimum Gasteiger partial charge on any atom is -0.488 e. The molecule has 10 nitrogen and oxygen atoms in total. The lowest BCUT2D eigenvalue weighted by Crippen LogP contribution is -2.29. The third kappa shape index (κ3) is 4.63. The minimum atomic E-state index is -0.921. The van der Waals surface area contributed by atoms with Gasteiger partial charge < -0.3 is 29.4 Å². The van der Waals surface area contributed by atoms with Gasteiger partial charge in [-0.1, -0.05) is 0 Å². The maximum absolute atomic E-state index is 11.2. The van der Waals surface area contributed by atoms with Crippen LogP contribution in [-0.4, -0.2) is 54.8 Å². The number of hydrogen-bond acceptors (Lipinski definition) is 7. The van der Waals surface area contributed by atoms with Crippen molar-refractivity contribution in [2.24, 2.45) is 7.05 Å². The molecule has 2 N–H and O–H groups in total. The van der Waals surface area contributed by atoms with Gasteiger partial charge in [0.05, 0.1) is 29.4 Å². The van der Waals surface area contributed by atoms with E-state index in [9.17, 15) is 9.90 Å². The van der Waals surface area contributed by atoms with Gasteiger partial charge in [0, 0.05) is 37.2 Å². The lowest BCUT2D eigenvalue weighted by molar-refractivity contribution is 0.145. The lowest BCUT2D eigenvalue weighted by atomic mass is 10.1. The summed E-state index contributed by atoms with van der Waals surface area (Å²) in [5.74, 6) is 2.77. The van der Waals surface area contributed by atoms with E-state index in [0.29, 0.717) is 31.1 Å². The molecule has 0 bridgehead atoms. The fraction of sp³-hybridized carbons (Fsp3) is 0.214. The van der Waals surface area contributed by atoms with Gasteiger partial charge in [0.2, 0.25) is 0 Å². The van der Waals surface area contributed by atoms with Gasteiger partial charge in [0.1, 0.15) is 35.5 Å². The minimum absolute atomic E-state index is 0.182. The highest BCUT2D eigenvalue weighted by Crippen LogP contribution is 2.32. The molecular weight excluding hydrogens is 484 g/mol. The van der Waals surface area contributed by atoms with E-state index in [1.165, 1.54) is 11.2 Å². The highest BCUT2D eigenvalue weighted by molar-refractivity contribution is 5.91. The van der Waals surface area contributed by atoms with Crippen LogP contribution in [0.5, 0.6) is 17.2 Å². The monoisotopic (exact) mass is 510 g/mol. The average molecular weight is 511 g/mol. The van der Waals surface area contributed by atoms with Gasteiger partial charge in [-0.3, -0.25) is 0 Å². The van der Waals surface area contributed by atoms with Gasteiger partial charge in [-0.25, -0.2) is 19.7 Å². The molecule has 10 heteroatoms. The number of aryl methyl sites for hydroxylation is 2. The number of ether oxygens (including phenoxy) is 2. The van der Waals surface area contributed by atoms with E-state index in [1.54, 1.807) is 6.33 Å². The van der Waals surface area contributed by atoms with Crippen LogP contribution >= 0.6 is 0 Å². The molecule has 3 heterocycles. The number of hydrogen-bond donors (Lipinski definition) is 2. The summed E-state index contributed by atoms with van der Waals surface area (Å²) in [4.78, 5) is 25.8. The molecule has 5 aromatic rings. The molecule has 1 aliphatic rings. The van der Waals surface area contributed by atoms with Crippen LogP contribution < -0.4 is 14.8 Å². The Morgan fingerprint density at radius 2 is 1.89 bits per heavy atom. The number of fused-ring (bicyclic) bond motifs is 2. The number of carbonyl (C=O) groups is 1. The maximum Gasteiger partial charge on any atom is 0.407 e. The van der Waals surface area contributed by atoms with Crippen LogP contribution in [-0.2, 0) is 7.05 Å². The molecule has 192 valence electrons. The van der Waals surface area contributed by atoms with E-state index in [2.05, 4.69) is 20.3 Å². The Kier molecular flexibility index (Phi) is 5.91. The predicted molar refractivity (Wildman–Crippen MR) is 143 cm³/mol. The number of rotatable bonds is 6. The SMILES string of the molecule is Cc1cc(Nc2ncnc3ccc(O[C@@H]4CCN(C(=O)O)C4)cc23)ccc1Oc1ccc2c(c1)ncn2C. The van der Waals surface area contributed by atoms with Crippen molar-refractivity contribution in [3.05, 3.63) is 72.8 Å². The number of nitrogens with zero attached hydrogens (tertiary/aromatic N) is 5. The molecule has 3 aromatic carbocycles. The van der Waals surface area contributed by atoms with Crippen molar-refractivity contribution < 1.29 is 19.4 Å². The second kappa shape index (κ2) is 9.55. The average Bonchev–Trinajstić information content (AvgIpc) is 3.53. The van der Waals surface area contributed by atoms with Crippen LogP contribution in [0.1, 0.15) is 12.0 Å². The first kappa shape index (κ1) is 23.5. The van der Waals surface area contributed by atoms with Crippen LogP contribution in [0, 0.1) is 6.92 Å². The van der Waals surface area contributed by atoms with Crippen molar-refractivity contribution in [3.8, 4) is 17.2 Å². The number of aromatic nitrogens is 4. The molecule has 0 radical (unpaired) electrons. The van der Waals surface area contributed by atoms with Gasteiger partial charge in [0.25, 0.3) is 0 Å². The molecular formula is C28H26N6O4. The van der Waals surface area contributed by atoms with E-state index < -0.39 is 6.09 Å². The Bertz CT molecular complexity index is 1670. The smallest absolute Gasteiger partial charge is 0.407 e. The molecule has 0 unspecified atom stereocenters. The largest absolute Gasteiger partial charge is 0.488 e. The Labute approximate surface area is 218 Å². The number of nitrogens with one attached hydrogen (secondary N) is 1. The number of anilines is 2. The second-order valence-corrected chi connectivity index (χ2v) is 9.37. The summed E-state index contributed by atoms with van der Waals surface area (Å²) in [6.45, 7) is 2.82. The Morgan fingerprint density at radius 1 is 1.03 bits per heavy atom. The fourth-order valence-corrected chi connectivity index (χ4v) is 4.68. The number of benzene rings is 3. The number of likely N-dealkylation sites (tertiary alicyclic amines) is 1. The molecule has 6 rings (SSSR count). The van der Waals surface area contributed by atoms with E-state index in [1.807, 2.05) is 73.1 Å². The topological polar surface area (TPSA) is 115 Å². The molecule has 1 saturated heterocycles. The van der Waals surface area contributed by atoms with Crippen LogP contribution in [0.2, 0.25) is 0 Å². The number of carboxylic acid groups (broad SMARTS) is 1. The molecule has 1 amide bonds. The van der Waals surface area contributed by atoms with Crippen molar-refractivity contribution in [1.82, 2.24) is 24.4 Å². The van der Waals surface area contributed by atoms with Crippen molar-refractivity contribution in [3.63, 3.8) is 0 Å². The molecule has 0 saturated carbocycles. The quantitative estimate of drug-likeness (QED) is 0.308. The molecule has 2 aromatic heterocycles. The Balaban J connectivity index is 1.20. The van der Waals surface area contributed by atoms with Gasteiger partial charge in [-0.2, -0.15) is 0 Å². The van der Waals surface area contributed by atoms with Gasteiger partial charge in [-0.15, -0.1) is 0 Å². The molecule has 1 fully saturated rings. The van der Waals surface area contributed by atoms with Gasteiger partial charge in [0.15, 0.2) is 0 Å². The predicted octanol–water partition coefficient (Wildman–Crippen LogP) is 5.49. The molecule has 0 spiro atoms. The lowest BCUT2D eigenvalue weighted by Gasteiger charge is -2.16. The molecule has 38 heavy (non-hydrogen) atoms. The highest BCUT2D eigenvalue weighted by atomic mass is 16.5. The van der Waals surface area contributed by atoms with Crippen LogP contribution in [0.4, 0.5) is 16.3 Å². The Hall–Kier alpha value is -4.86. The van der Waals surface area contributed by atoms with E-state index >= 15 is 0 Å². The second-order valence-electron chi connectivity index (χ2n) is 9.37. The van der Waals surface area contributed by atoms with Gasteiger partial charge >= 0.3 is 6.09 Å². The first-order chi connectivity index (χ1) is 18.4. The summed E-state index contributed by atoms with van der Waals surface area (Å²) < 4.78 is 14.2. The van der Waals surface area contributed by atoms with Gasteiger partial charge in [-0.05, 0) is 61.0 Å². The summed E-state index contributed by atoms with van der Waals surface area (Å²) in [6, 6.07) is 17.3. The Morgan fingerprint density at radius 3 is 2.71 bits per heavy atom. The number of amides is 1. The summed E-state index contributed by atoms with van der Waals surface area (Å²) in [5, 5.41) is 13.4. The summed E-state index contributed by atoms with van der Waals surface area (Å²) in [6.07, 6.45) is 2.86. The number of imidazole rings is 1. The highest BCUT2D eigenvalue weighted by Gasteiger charge is 2.27. The first-order valence-electron chi connectivity index (χ1n) is 12.3. The van der Waals surface area contributed by atoms with E-state index in [-0.39, 0.29) is 6.10 Å². The van der Waals surface area contributed by atoms with Crippen LogP contribution in [0.25, 0.3) is 21.9 Å². The van der Waals surface area contributed by atoms with E-state index in [4.69, 9.17) is 9.47 Å². The summed E-state index contributed by atoms with van der Waals surface area (Å²) in [5.41, 5.74) is 4.52. The van der Waals surface area contributed by atoms with Crippen LogP contribution in [0.15, 0.2) is 67.3 Å². The van der Waals surface area contributed by atoms with Crippen molar-refractivity contribution in [2.45, 2.75) is 19.4 Å². The molecule has 1 aliphatic heterocycles. The zero-order valence-electron chi connectivity index (χ0n) is 21.0. The summed E-state index contributed by atoms with van der Waals surface area (Å²) in [7, 11) is 1.96. The zero-order valence-corrected chi connectivity index (χ0v) is 21.0. The van der Waals surface area contributed by atoms with Crippen molar-refractivity contribution >= 4 is 39.5 Å².